The fourth-order valence-electron chi connectivity index (χ4n) is 2.65. The van der Waals surface area contributed by atoms with E-state index in [4.69, 9.17) is 0 Å². The first-order valence-electron chi connectivity index (χ1n) is 6.98. The van der Waals surface area contributed by atoms with Crippen LogP contribution in [0.25, 0.3) is 0 Å². The van der Waals surface area contributed by atoms with Crippen molar-refractivity contribution in [2.24, 2.45) is 5.92 Å². The van der Waals surface area contributed by atoms with Crippen molar-refractivity contribution in [2.75, 3.05) is 33.2 Å². The number of halogens is 2. The van der Waals surface area contributed by atoms with E-state index < -0.39 is 11.6 Å². The van der Waals surface area contributed by atoms with Gasteiger partial charge in [0.1, 0.15) is 11.6 Å². The van der Waals surface area contributed by atoms with Crippen molar-refractivity contribution in [3.05, 3.63) is 35.4 Å². The molecule has 1 fully saturated rings. The lowest BCUT2D eigenvalue weighted by Crippen LogP contribution is -2.37. The molecule has 0 radical (unpaired) electrons. The number of piperidine rings is 1. The molecule has 1 aromatic carbocycles. The molecule has 1 atom stereocenters. The van der Waals surface area contributed by atoms with Crippen LogP contribution in [0.2, 0.25) is 0 Å². The van der Waals surface area contributed by atoms with Crippen molar-refractivity contribution in [3.63, 3.8) is 0 Å². The number of rotatable bonds is 5. The van der Waals surface area contributed by atoms with E-state index in [1.54, 1.807) is 6.07 Å². The molecule has 1 aromatic rings. The molecule has 106 valence electrons. The summed E-state index contributed by atoms with van der Waals surface area (Å²) in [5.74, 6) is -0.257. The maximum atomic E-state index is 13.5. The van der Waals surface area contributed by atoms with Crippen LogP contribution in [0, 0.1) is 17.6 Å². The number of nitrogens with one attached hydrogen (secondary N) is 1. The fraction of sp³-hybridized carbons (Fsp3) is 0.600. The van der Waals surface area contributed by atoms with Crippen molar-refractivity contribution < 1.29 is 8.78 Å². The molecule has 0 amide bonds. The van der Waals surface area contributed by atoms with Crippen molar-refractivity contribution in [2.45, 2.75) is 19.3 Å². The summed E-state index contributed by atoms with van der Waals surface area (Å²) in [7, 11) is 2.07. The molecule has 1 aliphatic heterocycles. The molecule has 0 aromatic heterocycles. The van der Waals surface area contributed by atoms with Crippen LogP contribution in [0.1, 0.15) is 18.4 Å². The molecule has 4 heteroatoms. The van der Waals surface area contributed by atoms with Gasteiger partial charge in [0.15, 0.2) is 0 Å². The van der Waals surface area contributed by atoms with Crippen LogP contribution in [0.5, 0.6) is 0 Å². The Hall–Kier alpha value is -1.00. The maximum absolute atomic E-state index is 13.5. The van der Waals surface area contributed by atoms with E-state index in [1.165, 1.54) is 18.9 Å². The van der Waals surface area contributed by atoms with Gasteiger partial charge in [0, 0.05) is 19.2 Å². The van der Waals surface area contributed by atoms with Crippen molar-refractivity contribution in [1.29, 1.82) is 0 Å². The first-order chi connectivity index (χ1) is 9.15. The minimum absolute atomic E-state index is 0.437. The lowest BCUT2D eigenvalue weighted by Gasteiger charge is -2.27. The quantitative estimate of drug-likeness (QED) is 0.882. The molecular weight excluding hydrogens is 246 g/mol. The van der Waals surface area contributed by atoms with E-state index in [1.807, 2.05) is 0 Å². The largest absolute Gasteiger partial charge is 0.316 e. The standard InChI is InChI=1S/C15H22F2N2/c1-19(11-12-3-2-7-18-10-12)8-6-13-4-5-14(16)9-15(13)17/h4-5,9,12,18H,2-3,6-8,10-11H2,1H3. The summed E-state index contributed by atoms with van der Waals surface area (Å²) >= 11 is 0. The van der Waals surface area contributed by atoms with Gasteiger partial charge < -0.3 is 10.2 Å². The molecule has 2 rings (SSSR count). The third-order valence-corrected chi connectivity index (χ3v) is 3.75. The summed E-state index contributed by atoms with van der Waals surface area (Å²) in [6.07, 6.45) is 3.14. The normalized spacial score (nSPS) is 19.9. The van der Waals surface area contributed by atoms with Gasteiger partial charge in [-0.05, 0) is 56.9 Å². The third-order valence-electron chi connectivity index (χ3n) is 3.75. The van der Waals surface area contributed by atoms with Gasteiger partial charge in [-0.15, -0.1) is 0 Å². The van der Waals surface area contributed by atoms with E-state index >= 15 is 0 Å². The lowest BCUT2D eigenvalue weighted by atomic mass is 9.99. The van der Waals surface area contributed by atoms with E-state index in [-0.39, 0.29) is 0 Å². The van der Waals surface area contributed by atoms with E-state index in [0.29, 0.717) is 17.9 Å². The Morgan fingerprint density at radius 2 is 2.21 bits per heavy atom. The summed E-state index contributed by atoms with van der Waals surface area (Å²) in [6, 6.07) is 3.82. The average molecular weight is 268 g/mol. The van der Waals surface area contributed by atoms with E-state index in [0.717, 1.165) is 32.2 Å². The van der Waals surface area contributed by atoms with Gasteiger partial charge >= 0.3 is 0 Å². The van der Waals surface area contributed by atoms with Crippen molar-refractivity contribution >= 4 is 0 Å². The first-order valence-corrected chi connectivity index (χ1v) is 6.98. The minimum atomic E-state index is -0.511. The molecule has 0 aliphatic carbocycles. The van der Waals surface area contributed by atoms with Crippen LogP contribution in [0.15, 0.2) is 18.2 Å². The Morgan fingerprint density at radius 1 is 1.37 bits per heavy atom. The second kappa shape index (κ2) is 6.96. The fourth-order valence-corrected chi connectivity index (χ4v) is 2.65. The van der Waals surface area contributed by atoms with Crippen LogP contribution in [-0.2, 0) is 6.42 Å². The van der Waals surface area contributed by atoms with Crippen LogP contribution >= 0.6 is 0 Å². The summed E-state index contributed by atoms with van der Waals surface area (Å²) in [5, 5.41) is 3.40. The molecule has 0 bridgehead atoms. The highest BCUT2D eigenvalue weighted by atomic mass is 19.1. The predicted octanol–water partition coefficient (Wildman–Crippen LogP) is 2.44. The lowest BCUT2D eigenvalue weighted by molar-refractivity contribution is 0.245. The van der Waals surface area contributed by atoms with Gasteiger partial charge in [0.2, 0.25) is 0 Å². The molecule has 1 N–H and O–H groups in total. The number of likely N-dealkylation sites (N-methyl/N-ethyl adjacent to an activating group) is 1. The van der Waals surface area contributed by atoms with E-state index in [2.05, 4.69) is 17.3 Å². The first kappa shape index (κ1) is 14.4. The van der Waals surface area contributed by atoms with Gasteiger partial charge in [-0.25, -0.2) is 8.78 Å². The molecule has 0 spiro atoms. The summed E-state index contributed by atoms with van der Waals surface area (Å²) in [4.78, 5) is 2.24. The zero-order valence-electron chi connectivity index (χ0n) is 11.5. The maximum Gasteiger partial charge on any atom is 0.129 e. The monoisotopic (exact) mass is 268 g/mol. The minimum Gasteiger partial charge on any atom is -0.316 e. The molecule has 1 aliphatic rings. The SMILES string of the molecule is CN(CCc1ccc(F)cc1F)CC1CCCNC1. The molecule has 1 heterocycles. The number of benzene rings is 1. The third kappa shape index (κ3) is 4.55. The highest BCUT2D eigenvalue weighted by Crippen LogP contribution is 2.13. The highest BCUT2D eigenvalue weighted by Gasteiger charge is 2.15. The van der Waals surface area contributed by atoms with Crippen LogP contribution in [-0.4, -0.2) is 38.1 Å². The van der Waals surface area contributed by atoms with Gasteiger partial charge in [-0.2, -0.15) is 0 Å². The Bertz CT molecular complexity index is 403. The van der Waals surface area contributed by atoms with Crippen LogP contribution in [0.4, 0.5) is 8.78 Å². The second-order valence-corrected chi connectivity index (χ2v) is 5.46. The van der Waals surface area contributed by atoms with E-state index in [9.17, 15) is 8.78 Å². The summed E-state index contributed by atoms with van der Waals surface area (Å²) < 4.78 is 26.3. The number of hydrogen-bond donors (Lipinski definition) is 1. The number of hydrogen-bond acceptors (Lipinski definition) is 2. The average Bonchev–Trinajstić information content (AvgIpc) is 2.39. The van der Waals surface area contributed by atoms with Gasteiger partial charge in [-0.1, -0.05) is 6.07 Å². The summed E-state index contributed by atoms with van der Waals surface area (Å²) in [5.41, 5.74) is 0.593. The van der Waals surface area contributed by atoms with Gasteiger partial charge in [0.25, 0.3) is 0 Å². The van der Waals surface area contributed by atoms with Crippen molar-refractivity contribution in [1.82, 2.24) is 10.2 Å². The second-order valence-electron chi connectivity index (χ2n) is 5.46. The van der Waals surface area contributed by atoms with Crippen LogP contribution in [0.3, 0.4) is 0 Å². The van der Waals surface area contributed by atoms with Gasteiger partial charge in [-0.3, -0.25) is 0 Å². The summed E-state index contributed by atoms with van der Waals surface area (Å²) in [6.45, 7) is 4.05. The molecule has 1 saturated heterocycles. The highest BCUT2D eigenvalue weighted by molar-refractivity contribution is 5.18. The van der Waals surface area contributed by atoms with Crippen LogP contribution < -0.4 is 5.32 Å². The Kier molecular flexibility index (Phi) is 5.28. The zero-order chi connectivity index (χ0) is 13.7. The topological polar surface area (TPSA) is 15.3 Å². The van der Waals surface area contributed by atoms with Crippen molar-refractivity contribution in [3.8, 4) is 0 Å². The van der Waals surface area contributed by atoms with Gasteiger partial charge in [0.05, 0.1) is 0 Å². The Morgan fingerprint density at radius 3 is 2.89 bits per heavy atom. The molecule has 0 saturated carbocycles. The molecule has 2 nitrogen and oxygen atoms in total. The number of nitrogens with zero attached hydrogens (tertiary/aromatic N) is 1. The Balaban J connectivity index is 1.77. The molecule has 19 heavy (non-hydrogen) atoms. The smallest absolute Gasteiger partial charge is 0.129 e. The molecule has 1 unspecified atom stereocenters. The predicted molar refractivity (Wildman–Crippen MR) is 73.2 cm³/mol. The Labute approximate surface area is 113 Å². The zero-order valence-corrected chi connectivity index (χ0v) is 11.5. The molecular formula is C15H22F2N2.